The lowest BCUT2D eigenvalue weighted by atomic mass is 9.73. The molecule has 0 heterocycles. The van der Waals surface area contributed by atoms with E-state index in [9.17, 15) is 9.59 Å². The maximum atomic E-state index is 13.4. The summed E-state index contributed by atoms with van der Waals surface area (Å²) in [5.41, 5.74) is 0. The number of hydrogen-bond donors (Lipinski definition) is 0. The minimum atomic E-state index is -0.513. The van der Waals surface area contributed by atoms with Crippen molar-refractivity contribution < 1.29 is 9.59 Å². The first kappa shape index (κ1) is 16.7. The van der Waals surface area contributed by atoms with Crippen molar-refractivity contribution in [2.45, 2.75) is 31.9 Å². The molecule has 1 fully saturated rings. The number of thioether (sulfide) groups is 3. The van der Waals surface area contributed by atoms with Crippen molar-refractivity contribution in [3.8, 4) is 0 Å². The first-order chi connectivity index (χ1) is 10.6. The number of ketones is 2. The van der Waals surface area contributed by atoms with Crippen LogP contribution in [0.4, 0.5) is 0 Å². The Morgan fingerprint density at radius 3 is 2.36 bits per heavy atom. The van der Waals surface area contributed by atoms with Crippen LogP contribution >= 0.6 is 35.3 Å². The average Bonchev–Trinajstić information content (AvgIpc) is 3.09. The summed E-state index contributed by atoms with van der Waals surface area (Å²) in [4.78, 5) is 28.1. The van der Waals surface area contributed by atoms with Crippen molar-refractivity contribution in [2.24, 2.45) is 17.8 Å². The van der Waals surface area contributed by atoms with Crippen molar-refractivity contribution in [2.75, 3.05) is 17.3 Å². The third-order valence-corrected chi connectivity index (χ3v) is 8.38. The molecule has 0 saturated heterocycles. The lowest BCUT2D eigenvalue weighted by molar-refractivity contribution is -0.128. The Morgan fingerprint density at radius 2 is 1.73 bits per heavy atom. The molecule has 0 aromatic heterocycles. The van der Waals surface area contributed by atoms with Gasteiger partial charge in [0.15, 0.2) is 11.6 Å². The highest BCUT2D eigenvalue weighted by Crippen LogP contribution is 2.62. The molecular weight excluding hydrogens is 332 g/mol. The maximum absolute atomic E-state index is 13.4. The molecule has 1 saturated carbocycles. The van der Waals surface area contributed by atoms with Gasteiger partial charge in [-0.25, -0.2) is 0 Å². The third kappa shape index (κ3) is 2.19. The summed E-state index contributed by atoms with van der Waals surface area (Å²) in [6.45, 7) is 6.19. The summed E-state index contributed by atoms with van der Waals surface area (Å²) in [7, 11) is 0. The average molecular weight is 355 g/mol. The molecule has 2 bridgehead atoms. The standard InChI is InChI=1S/C17H22O2S3/c1-4-20-14-13(18)12-10-7-8-11(9-10)17(12,22-6-3)16(19)15(14)21-5-2/h7-8,10-12H,4-6,9H2,1-3H3/t10-,11+,12+,17-/m0/s1. The molecule has 0 amide bonds. The summed E-state index contributed by atoms with van der Waals surface area (Å²) in [5.74, 6) is 3.41. The van der Waals surface area contributed by atoms with Gasteiger partial charge in [-0.15, -0.1) is 35.3 Å². The molecule has 0 aliphatic heterocycles. The highest BCUT2D eigenvalue weighted by Gasteiger charge is 2.66. The molecule has 5 heteroatoms. The predicted molar refractivity (Wildman–Crippen MR) is 98.4 cm³/mol. The zero-order valence-corrected chi connectivity index (χ0v) is 15.7. The first-order valence-electron chi connectivity index (χ1n) is 8.02. The van der Waals surface area contributed by atoms with Crippen LogP contribution in [0.15, 0.2) is 22.0 Å². The molecule has 120 valence electrons. The smallest absolute Gasteiger partial charge is 0.187 e. The number of fused-ring (bicyclic) bond motifs is 5. The van der Waals surface area contributed by atoms with Gasteiger partial charge in [0.1, 0.15) is 0 Å². The van der Waals surface area contributed by atoms with Gasteiger partial charge >= 0.3 is 0 Å². The van der Waals surface area contributed by atoms with E-state index in [4.69, 9.17) is 0 Å². The van der Waals surface area contributed by atoms with Crippen LogP contribution in [-0.2, 0) is 9.59 Å². The molecule has 3 rings (SSSR count). The van der Waals surface area contributed by atoms with Crippen molar-refractivity contribution in [1.82, 2.24) is 0 Å². The molecule has 0 unspecified atom stereocenters. The summed E-state index contributed by atoms with van der Waals surface area (Å²) in [5, 5.41) is 0. The van der Waals surface area contributed by atoms with Gasteiger partial charge < -0.3 is 0 Å². The van der Waals surface area contributed by atoms with Crippen molar-refractivity contribution in [3.63, 3.8) is 0 Å². The summed E-state index contributed by atoms with van der Waals surface area (Å²) >= 11 is 4.84. The Morgan fingerprint density at radius 1 is 1.05 bits per heavy atom. The van der Waals surface area contributed by atoms with Gasteiger partial charge in [0.25, 0.3) is 0 Å². The van der Waals surface area contributed by atoms with E-state index in [1.807, 2.05) is 6.92 Å². The monoisotopic (exact) mass is 354 g/mol. The topological polar surface area (TPSA) is 34.1 Å². The Kier molecular flexibility index (Phi) is 4.87. The number of hydrogen-bond acceptors (Lipinski definition) is 5. The van der Waals surface area contributed by atoms with E-state index in [2.05, 4.69) is 26.0 Å². The van der Waals surface area contributed by atoms with E-state index in [0.717, 1.165) is 33.5 Å². The molecule has 0 radical (unpaired) electrons. The van der Waals surface area contributed by atoms with Gasteiger partial charge in [0.05, 0.1) is 20.5 Å². The molecule has 2 nitrogen and oxygen atoms in total. The van der Waals surface area contributed by atoms with Crippen molar-refractivity contribution in [3.05, 3.63) is 22.0 Å². The molecule has 0 N–H and O–H groups in total. The lowest BCUT2D eigenvalue weighted by Crippen LogP contribution is -2.53. The summed E-state index contributed by atoms with van der Waals surface area (Å²) in [6, 6.07) is 0. The summed E-state index contributed by atoms with van der Waals surface area (Å²) in [6.07, 6.45) is 5.35. The number of Topliss-reactive ketones (excluding diaryl/α,β-unsaturated/α-hetero) is 2. The molecule has 0 aromatic carbocycles. The molecule has 0 aromatic rings. The minimum Gasteiger partial charge on any atom is -0.293 e. The molecule has 4 atom stereocenters. The Labute approximate surface area is 145 Å². The SMILES string of the molecule is CCSC1=C(SCC)C(=O)[C@]2(SCC)[C@@H]3C=C[C@@H](C3)[C@@H]2C1=O. The number of carbonyl (C=O) groups excluding carboxylic acids is 2. The highest BCUT2D eigenvalue weighted by molar-refractivity contribution is 8.08. The first-order valence-corrected chi connectivity index (χ1v) is 11.0. The zero-order chi connectivity index (χ0) is 15.9. The fourth-order valence-electron chi connectivity index (χ4n) is 4.13. The van der Waals surface area contributed by atoms with Gasteiger partial charge in [-0.3, -0.25) is 9.59 Å². The van der Waals surface area contributed by atoms with Crippen LogP contribution in [0.5, 0.6) is 0 Å². The molecular formula is C17H22O2S3. The fourth-order valence-corrected chi connectivity index (χ4v) is 7.71. The Bertz CT molecular complexity index is 566. The highest BCUT2D eigenvalue weighted by atomic mass is 32.2. The van der Waals surface area contributed by atoms with Crippen LogP contribution < -0.4 is 0 Å². The van der Waals surface area contributed by atoms with Crippen LogP contribution in [0.3, 0.4) is 0 Å². The van der Waals surface area contributed by atoms with Crippen LogP contribution in [0.2, 0.25) is 0 Å². The van der Waals surface area contributed by atoms with E-state index in [1.54, 1.807) is 35.3 Å². The van der Waals surface area contributed by atoms with E-state index in [0.29, 0.717) is 0 Å². The second kappa shape index (κ2) is 6.40. The molecule has 3 aliphatic rings. The zero-order valence-electron chi connectivity index (χ0n) is 13.3. The van der Waals surface area contributed by atoms with Crippen LogP contribution in [-0.4, -0.2) is 33.6 Å². The van der Waals surface area contributed by atoms with Gasteiger partial charge in [-0.1, -0.05) is 32.9 Å². The maximum Gasteiger partial charge on any atom is 0.187 e. The molecule has 0 spiro atoms. The largest absolute Gasteiger partial charge is 0.293 e. The summed E-state index contributed by atoms with van der Waals surface area (Å²) < 4.78 is -0.513. The number of carbonyl (C=O) groups is 2. The van der Waals surface area contributed by atoms with Crippen molar-refractivity contribution >= 4 is 46.9 Å². The fraction of sp³-hybridized carbons (Fsp3) is 0.647. The van der Waals surface area contributed by atoms with Crippen LogP contribution in [0, 0.1) is 17.8 Å². The minimum absolute atomic E-state index is 0.129. The second-order valence-corrected chi connectivity index (χ2v) is 9.90. The second-order valence-electron chi connectivity index (χ2n) is 5.81. The van der Waals surface area contributed by atoms with Crippen LogP contribution in [0.25, 0.3) is 0 Å². The van der Waals surface area contributed by atoms with Crippen molar-refractivity contribution in [1.29, 1.82) is 0 Å². The third-order valence-electron chi connectivity index (χ3n) is 4.79. The number of rotatable bonds is 6. The van der Waals surface area contributed by atoms with Crippen LogP contribution in [0.1, 0.15) is 27.2 Å². The van der Waals surface area contributed by atoms with E-state index >= 15 is 0 Å². The Hall–Kier alpha value is -0.130. The number of allylic oxidation sites excluding steroid dienone is 4. The van der Waals surface area contributed by atoms with Gasteiger partial charge in [0.2, 0.25) is 0 Å². The Balaban J connectivity index is 2.13. The van der Waals surface area contributed by atoms with Gasteiger partial charge in [0, 0.05) is 5.92 Å². The molecule has 3 aliphatic carbocycles. The van der Waals surface area contributed by atoms with Gasteiger partial charge in [-0.05, 0) is 29.6 Å². The van der Waals surface area contributed by atoms with E-state index in [-0.39, 0.29) is 29.3 Å². The van der Waals surface area contributed by atoms with Gasteiger partial charge in [-0.2, -0.15) is 0 Å². The van der Waals surface area contributed by atoms with E-state index in [1.165, 1.54) is 0 Å². The quantitative estimate of drug-likeness (QED) is 0.669. The molecule has 22 heavy (non-hydrogen) atoms. The normalized spacial score (nSPS) is 36.4. The lowest BCUT2D eigenvalue weighted by Gasteiger charge is -2.43. The predicted octanol–water partition coefficient (Wildman–Crippen LogP) is 4.17. The van der Waals surface area contributed by atoms with E-state index < -0.39 is 4.75 Å².